The molecule has 0 aliphatic rings. The Labute approximate surface area is 120 Å². The van der Waals surface area contributed by atoms with Crippen LogP contribution in [-0.4, -0.2) is 78.3 Å². The molecular formula is C12H19FN2O6. The average molecular weight is 306 g/mol. The Morgan fingerprint density at radius 3 is 2.00 bits per heavy atom. The largest absolute Gasteiger partial charge is 0.394 e. The molecule has 0 amide bonds. The molecule has 0 aromatic carbocycles. The molecule has 0 saturated heterocycles. The number of nitrogens with zero attached hydrogens (tertiary/aromatic N) is 2. The third kappa shape index (κ3) is 4.92. The zero-order chi connectivity index (χ0) is 16.0. The number of alkyl halides is 1. The molecule has 0 fully saturated rings. The van der Waals surface area contributed by atoms with Crippen LogP contribution in [0.5, 0.6) is 0 Å². The Hall–Kier alpha value is -1.23. The summed E-state index contributed by atoms with van der Waals surface area (Å²) in [4.78, 5) is 7.59. The molecule has 1 rings (SSSR count). The fraction of sp³-hybridized carbons (Fsp3) is 0.667. The highest BCUT2D eigenvalue weighted by atomic mass is 19.1. The maximum Gasteiger partial charge on any atom is 0.160 e. The van der Waals surface area contributed by atoms with Crippen molar-refractivity contribution in [3.8, 4) is 0 Å². The van der Waals surface area contributed by atoms with Gasteiger partial charge in [-0.25, -0.2) is 4.39 Å². The van der Waals surface area contributed by atoms with E-state index in [1.54, 1.807) is 0 Å². The molecule has 0 unspecified atom stereocenters. The normalized spacial score (nSPS) is 18.8. The van der Waals surface area contributed by atoms with Crippen LogP contribution in [-0.2, 0) is 6.42 Å². The summed E-state index contributed by atoms with van der Waals surface area (Å²) in [5.41, 5.74) is 0.125. The lowest BCUT2D eigenvalue weighted by atomic mass is 10.1. The highest BCUT2D eigenvalue weighted by Gasteiger charge is 2.28. The van der Waals surface area contributed by atoms with E-state index in [2.05, 4.69) is 9.97 Å². The summed E-state index contributed by atoms with van der Waals surface area (Å²) in [6.07, 6.45) is -5.99. The van der Waals surface area contributed by atoms with Crippen molar-refractivity contribution < 1.29 is 35.0 Å². The van der Waals surface area contributed by atoms with Crippen molar-refractivity contribution in [1.82, 2.24) is 9.97 Å². The Balaban J connectivity index is 2.69. The van der Waals surface area contributed by atoms with Crippen LogP contribution in [0.15, 0.2) is 12.4 Å². The molecule has 1 aromatic heterocycles. The molecule has 0 saturated carbocycles. The molecule has 1 heterocycles. The molecular weight excluding hydrogens is 287 g/mol. The lowest BCUT2D eigenvalue weighted by Gasteiger charge is -2.19. The zero-order valence-electron chi connectivity index (χ0n) is 11.1. The molecule has 0 radical (unpaired) electrons. The minimum Gasteiger partial charge on any atom is -0.394 e. The van der Waals surface area contributed by atoms with Crippen LogP contribution in [0.2, 0.25) is 0 Å². The first-order valence-electron chi connectivity index (χ1n) is 6.29. The summed E-state index contributed by atoms with van der Waals surface area (Å²) in [6, 6.07) is 0. The summed E-state index contributed by atoms with van der Waals surface area (Å²) in [7, 11) is 0. The molecule has 0 aliphatic heterocycles. The van der Waals surface area contributed by atoms with Gasteiger partial charge in [0.1, 0.15) is 18.3 Å². The van der Waals surface area contributed by atoms with E-state index in [9.17, 15) is 19.7 Å². The summed E-state index contributed by atoms with van der Waals surface area (Å²) in [6.45, 7) is -1.44. The van der Waals surface area contributed by atoms with E-state index in [1.165, 1.54) is 6.20 Å². The second-order valence-corrected chi connectivity index (χ2v) is 4.59. The van der Waals surface area contributed by atoms with Crippen LogP contribution < -0.4 is 0 Å². The van der Waals surface area contributed by atoms with Crippen molar-refractivity contribution >= 4 is 0 Å². The minimum atomic E-state index is -2.11. The van der Waals surface area contributed by atoms with Crippen molar-refractivity contribution in [2.75, 3.05) is 13.2 Å². The standard InChI is InChI=1S/C12H19FN2O6/c13-11(10(20)5-17)12(21)7-3-14-6(2-15-7)1-8(18)9(19)4-16/h2-3,8-12,16-21H,1,4-5H2/t8-,9+,10+,11-,12+/m0/s1. The van der Waals surface area contributed by atoms with E-state index in [0.717, 1.165) is 6.20 Å². The quantitative estimate of drug-likeness (QED) is 0.308. The van der Waals surface area contributed by atoms with Gasteiger partial charge in [0.15, 0.2) is 6.17 Å². The lowest BCUT2D eigenvalue weighted by Crippen LogP contribution is -2.32. The van der Waals surface area contributed by atoms with Gasteiger partial charge < -0.3 is 30.6 Å². The Morgan fingerprint density at radius 2 is 1.52 bits per heavy atom. The molecule has 120 valence electrons. The van der Waals surface area contributed by atoms with Crippen molar-refractivity contribution in [1.29, 1.82) is 0 Å². The van der Waals surface area contributed by atoms with Crippen LogP contribution in [0.25, 0.3) is 0 Å². The number of rotatable bonds is 8. The molecule has 9 heteroatoms. The van der Waals surface area contributed by atoms with E-state index < -0.39 is 43.8 Å². The third-order valence-electron chi connectivity index (χ3n) is 2.93. The highest BCUT2D eigenvalue weighted by molar-refractivity contribution is 5.08. The maximum absolute atomic E-state index is 13.5. The Morgan fingerprint density at radius 1 is 0.905 bits per heavy atom. The lowest BCUT2D eigenvalue weighted by molar-refractivity contribution is -0.0367. The van der Waals surface area contributed by atoms with Crippen molar-refractivity contribution in [2.45, 2.75) is 37.0 Å². The summed E-state index contributed by atoms with van der Waals surface area (Å²) < 4.78 is 13.5. The number of hydrogen-bond donors (Lipinski definition) is 6. The fourth-order valence-electron chi connectivity index (χ4n) is 1.57. The van der Waals surface area contributed by atoms with Crippen molar-refractivity contribution in [3.63, 3.8) is 0 Å². The monoisotopic (exact) mass is 306 g/mol. The zero-order valence-corrected chi connectivity index (χ0v) is 11.1. The second kappa shape index (κ2) is 8.27. The van der Waals surface area contributed by atoms with Crippen molar-refractivity contribution in [3.05, 3.63) is 23.8 Å². The van der Waals surface area contributed by atoms with Gasteiger partial charge >= 0.3 is 0 Å². The van der Waals surface area contributed by atoms with Gasteiger partial charge in [0.2, 0.25) is 0 Å². The van der Waals surface area contributed by atoms with Crippen LogP contribution in [0.1, 0.15) is 17.5 Å². The van der Waals surface area contributed by atoms with Crippen LogP contribution in [0, 0.1) is 0 Å². The van der Waals surface area contributed by atoms with Gasteiger partial charge in [-0.1, -0.05) is 0 Å². The first kappa shape index (κ1) is 17.8. The van der Waals surface area contributed by atoms with E-state index >= 15 is 0 Å². The first-order chi connectivity index (χ1) is 9.90. The summed E-state index contributed by atoms with van der Waals surface area (Å²) in [5.74, 6) is 0. The summed E-state index contributed by atoms with van der Waals surface area (Å²) >= 11 is 0. The second-order valence-electron chi connectivity index (χ2n) is 4.59. The van der Waals surface area contributed by atoms with E-state index in [4.69, 9.17) is 15.3 Å². The molecule has 0 bridgehead atoms. The van der Waals surface area contributed by atoms with Gasteiger partial charge in [-0.15, -0.1) is 0 Å². The Bertz CT molecular complexity index is 421. The highest BCUT2D eigenvalue weighted by Crippen LogP contribution is 2.19. The molecule has 5 atom stereocenters. The van der Waals surface area contributed by atoms with Gasteiger partial charge in [-0.3, -0.25) is 9.97 Å². The third-order valence-corrected chi connectivity index (χ3v) is 2.93. The molecule has 8 nitrogen and oxygen atoms in total. The molecule has 21 heavy (non-hydrogen) atoms. The number of aliphatic hydroxyl groups excluding tert-OH is 6. The number of aromatic nitrogens is 2. The Kier molecular flexibility index (Phi) is 7.02. The van der Waals surface area contributed by atoms with Crippen LogP contribution in [0.4, 0.5) is 4.39 Å². The smallest absolute Gasteiger partial charge is 0.160 e. The van der Waals surface area contributed by atoms with Crippen LogP contribution >= 0.6 is 0 Å². The fourth-order valence-corrected chi connectivity index (χ4v) is 1.57. The van der Waals surface area contributed by atoms with Gasteiger partial charge in [-0.05, 0) is 0 Å². The van der Waals surface area contributed by atoms with Crippen LogP contribution in [0.3, 0.4) is 0 Å². The van der Waals surface area contributed by atoms with E-state index in [1.807, 2.05) is 0 Å². The number of halogens is 1. The maximum atomic E-state index is 13.5. The van der Waals surface area contributed by atoms with Gasteiger partial charge in [-0.2, -0.15) is 0 Å². The molecule has 0 aliphatic carbocycles. The van der Waals surface area contributed by atoms with Gasteiger partial charge in [0, 0.05) is 12.6 Å². The van der Waals surface area contributed by atoms with E-state index in [-0.39, 0.29) is 17.8 Å². The number of hydrogen-bond acceptors (Lipinski definition) is 8. The van der Waals surface area contributed by atoms with Crippen molar-refractivity contribution in [2.24, 2.45) is 0 Å². The predicted molar refractivity (Wildman–Crippen MR) is 67.8 cm³/mol. The molecule has 0 spiro atoms. The van der Waals surface area contributed by atoms with E-state index in [0.29, 0.717) is 0 Å². The molecule has 6 N–H and O–H groups in total. The molecule has 1 aromatic rings. The SMILES string of the molecule is OC[C@@H](O)[C@H](F)[C@H](O)c1cnc(C[C@H](O)[C@H](O)CO)cn1. The predicted octanol–water partition coefficient (Wildman–Crippen LogP) is -2.54. The average Bonchev–Trinajstić information content (AvgIpc) is 2.52. The number of aliphatic hydroxyl groups is 6. The topological polar surface area (TPSA) is 147 Å². The van der Waals surface area contributed by atoms with Gasteiger partial charge in [0.25, 0.3) is 0 Å². The first-order valence-corrected chi connectivity index (χ1v) is 6.29. The van der Waals surface area contributed by atoms with Gasteiger partial charge in [0.05, 0.1) is 36.9 Å². The summed E-state index contributed by atoms with van der Waals surface area (Å²) in [5, 5.41) is 54.7. The minimum absolute atomic E-state index is 0.0799.